The van der Waals surface area contributed by atoms with Gasteiger partial charge in [0.05, 0.1) is 0 Å². The highest BCUT2D eigenvalue weighted by molar-refractivity contribution is 7.65. The van der Waals surface area contributed by atoms with Crippen molar-refractivity contribution in [3.05, 3.63) is 84.4 Å². The summed E-state index contributed by atoms with van der Waals surface area (Å²) in [6.45, 7) is 1.41. The molecule has 36 heavy (non-hydrogen) atoms. The fourth-order valence-electron chi connectivity index (χ4n) is 2.70. The number of allylic oxidation sites excluding steroid dienone is 1. The van der Waals surface area contributed by atoms with Crippen molar-refractivity contribution < 1.29 is 0 Å². The zero-order valence-electron chi connectivity index (χ0n) is 19.6. The highest BCUT2D eigenvalue weighted by Gasteiger charge is 2.34. The third-order valence-corrected chi connectivity index (χ3v) is 17.0. The number of halogens is 10. The summed E-state index contributed by atoms with van der Waals surface area (Å²) in [6.07, 6.45) is 4.88. The van der Waals surface area contributed by atoms with Crippen LogP contribution in [0.15, 0.2) is 73.3 Å². The molecule has 0 radical (unpaired) electrons. The Labute approximate surface area is 268 Å². The van der Waals surface area contributed by atoms with E-state index in [0.29, 0.717) is 24.2 Å². The predicted octanol–water partition coefficient (Wildman–Crippen LogP) is 11.9. The van der Waals surface area contributed by atoms with E-state index in [1.54, 1.807) is 0 Å². The second-order valence-electron chi connectivity index (χ2n) is 7.83. The molecule has 0 aliphatic rings. The van der Waals surface area contributed by atoms with Crippen molar-refractivity contribution in [3.63, 3.8) is 0 Å². The Bertz CT molecular complexity index is 813. The standard InChI is InChI=1S/C11H15Cl5Si2.C9H10.C2H5Cl5Si2/c12-17(13,9-10-18(14,15)16)8-4-7-11-5-2-1-3-6-11;1-2-6-9-7-4-3-5-8-9;3-8(4)1-2-9(5,6)7/h1-3,5-6H,4,7-10H2;2-5,7-8H,1,6H2;8H,1-2H2. The van der Waals surface area contributed by atoms with E-state index in [4.69, 9.17) is 111 Å². The van der Waals surface area contributed by atoms with Gasteiger partial charge in [-0.1, -0.05) is 66.7 Å². The van der Waals surface area contributed by atoms with Gasteiger partial charge in [0.25, 0.3) is 6.69 Å². The average Bonchev–Trinajstić information content (AvgIpc) is 2.78. The Morgan fingerprint density at radius 1 is 0.639 bits per heavy atom. The quantitative estimate of drug-likeness (QED) is 0.115. The molecule has 0 fully saturated rings. The first-order chi connectivity index (χ1) is 16.6. The van der Waals surface area contributed by atoms with Gasteiger partial charge < -0.3 is 0 Å². The number of aryl methyl sites for hydroxylation is 1. The first kappa shape index (κ1) is 37.9. The summed E-state index contributed by atoms with van der Waals surface area (Å²) in [5.74, 6) is 0. The Morgan fingerprint density at radius 2 is 1.11 bits per heavy atom. The molecule has 0 bridgehead atoms. The van der Waals surface area contributed by atoms with Crippen LogP contribution in [0.2, 0.25) is 30.2 Å². The van der Waals surface area contributed by atoms with E-state index in [0.717, 1.165) is 25.3 Å². The summed E-state index contributed by atoms with van der Waals surface area (Å²) in [6, 6.07) is 18.9. The van der Waals surface area contributed by atoms with E-state index in [-0.39, 0.29) is 0 Å². The maximum absolute atomic E-state index is 6.36. The molecule has 14 heteroatoms. The molecule has 0 aliphatic heterocycles. The predicted molar refractivity (Wildman–Crippen MR) is 182 cm³/mol. The van der Waals surface area contributed by atoms with Crippen LogP contribution < -0.4 is 0 Å². The lowest BCUT2D eigenvalue weighted by Crippen LogP contribution is -2.22. The van der Waals surface area contributed by atoms with Gasteiger partial charge >= 0.3 is 12.0 Å². The molecule has 2 aromatic rings. The van der Waals surface area contributed by atoms with Crippen molar-refractivity contribution in [2.75, 3.05) is 0 Å². The lowest BCUT2D eigenvalue weighted by Gasteiger charge is -2.18. The molecule has 0 spiro atoms. The first-order valence-corrected chi connectivity index (χ1v) is 30.3. The van der Waals surface area contributed by atoms with Crippen LogP contribution >= 0.6 is 111 Å². The highest BCUT2D eigenvalue weighted by Crippen LogP contribution is 2.36. The highest BCUT2D eigenvalue weighted by atomic mass is 35.8. The number of hydrogen-bond donors (Lipinski definition) is 0. The number of rotatable bonds is 12. The van der Waals surface area contributed by atoms with E-state index in [1.165, 1.54) is 11.1 Å². The van der Waals surface area contributed by atoms with Gasteiger partial charge in [0.15, 0.2) is 0 Å². The zero-order valence-corrected chi connectivity index (χ0v) is 31.3. The average molecular weight is 761 g/mol. The molecule has 0 aliphatic carbocycles. The van der Waals surface area contributed by atoms with E-state index in [2.05, 4.69) is 30.8 Å². The normalized spacial score (nSPS) is 11.8. The summed E-state index contributed by atoms with van der Waals surface area (Å²) in [7, 11) is -1.54. The van der Waals surface area contributed by atoms with Crippen molar-refractivity contribution in [3.8, 4) is 0 Å². The summed E-state index contributed by atoms with van der Waals surface area (Å²) in [5, 5.41) is 0. The van der Waals surface area contributed by atoms with E-state index in [1.807, 2.05) is 42.5 Å². The zero-order chi connectivity index (χ0) is 27.7. The van der Waals surface area contributed by atoms with Crippen LogP contribution in [0.5, 0.6) is 0 Å². The van der Waals surface area contributed by atoms with Gasteiger partial charge in [-0.3, -0.25) is 0 Å². The van der Waals surface area contributed by atoms with E-state index >= 15 is 0 Å². The molecule has 2 aromatic carbocycles. The van der Waals surface area contributed by atoms with Crippen LogP contribution in [0.4, 0.5) is 0 Å². The fraction of sp³-hybridized carbons (Fsp3) is 0.364. The second-order valence-corrected chi connectivity index (χ2v) is 39.2. The minimum Gasteiger partial charge on any atom is -0.150 e. The van der Waals surface area contributed by atoms with Crippen molar-refractivity contribution in [1.29, 1.82) is 0 Å². The van der Waals surface area contributed by atoms with Crippen LogP contribution in [0.1, 0.15) is 17.5 Å². The van der Waals surface area contributed by atoms with Gasteiger partial charge in [0.1, 0.15) is 0 Å². The van der Waals surface area contributed by atoms with Gasteiger partial charge in [0, 0.05) is 0 Å². The molecule has 0 nitrogen and oxygen atoms in total. The summed E-state index contributed by atoms with van der Waals surface area (Å²) < 4.78 is 0. The van der Waals surface area contributed by atoms with Crippen molar-refractivity contribution >= 4 is 137 Å². The molecule has 0 saturated carbocycles. The smallest absolute Gasteiger partial charge is 0.150 e. The van der Waals surface area contributed by atoms with Crippen LogP contribution in [-0.4, -0.2) is 26.1 Å². The second kappa shape index (κ2) is 20.8. The van der Waals surface area contributed by atoms with E-state index in [9.17, 15) is 0 Å². The van der Waals surface area contributed by atoms with Gasteiger partial charge in [-0.05, 0) is 60.6 Å². The minimum atomic E-state index is -2.59. The van der Waals surface area contributed by atoms with Crippen molar-refractivity contribution in [2.24, 2.45) is 0 Å². The van der Waals surface area contributed by atoms with Crippen LogP contribution in [0.3, 0.4) is 0 Å². The van der Waals surface area contributed by atoms with Gasteiger partial charge in [-0.15, -0.1) is 95.2 Å². The minimum absolute atomic E-state index is 0.558. The van der Waals surface area contributed by atoms with Crippen LogP contribution in [0.25, 0.3) is 0 Å². The lowest BCUT2D eigenvalue weighted by molar-refractivity contribution is 0.907. The van der Waals surface area contributed by atoms with Crippen molar-refractivity contribution in [1.82, 2.24) is 0 Å². The molecule has 0 heterocycles. The summed E-state index contributed by atoms with van der Waals surface area (Å²) >= 11 is 58.0. The van der Waals surface area contributed by atoms with Gasteiger partial charge in [-0.25, -0.2) is 0 Å². The largest absolute Gasteiger partial charge is 0.341 e. The molecule has 0 unspecified atom stereocenters. The molecule has 0 amide bonds. The monoisotopic (exact) mass is 756 g/mol. The Balaban J connectivity index is 0.000000570. The molecule has 0 N–H and O–H groups in total. The summed E-state index contributed by atoms with van der Waals surface area (Å²) in [5.41, 5.74) is 2.64. The van der Waals surface area contributed by atoms with E-state index < -0.39 is 26.1 Å². The molecule has 204 valence electrons. The third-order valence-electron chi connectivity index (χ3n) is 4.49. The van der Waals surface area contributed by atoms with Crippen LogP contribution in [0, 0.1) is 0 Å². The van der Waals surface area contributed by atoms with Crippen LogP contribution in [-0.2, 0) is 12.8 Å². The maximum atomic E-state index is 6.36. The Morgan fingerprint density at radius 3 is 1.50 bits per heavy atom. The molecular formula is C22H30Cl10Si4. The fourth-order valence-corrected chi connectivity index (χ4v) is 18.4. The Kier molecular flexibility index (Phi) is 21.9. The molecular weight excluding hydrogens is 731 g/mol. The molecule has 2 rings (SSSR count). The number of benzene rings is 2. The maximum Gasteiger partial charge on any atom is 0.341 e. The van der Waals surface area contributed by atoms with Crippen molar-refractivity contribution in [2.45, 2.75) is 49.5 Å². The van der Waals surface area contributed by atoms with Gasteiger partial charge in [0.2, 0.25) is 7.42 Å². The first-order valence-electron chi connectivity index (χ1n) is 11.1. The summed E-state index contributed by atoms with van der Waals surface area (Å²) in [4.78, 5) is 0. The van der Waals surface area contributed by atoms with Gasteiger partial charge in [-0.2, -0.15) is 22.2 Å². The third kappa shape index (κ3) is 26.2. The SMILES string of the molecule is C=CCc1ccccc1.Cl[SiH](Cl)CC[Si](Cl)(Cl)Cl.Cl[Si](Cl)(Cl)CC[Si](Cl)(Cl)CCCc1ccccc1. The molecule has 0 saturated heterocycles. The molecule has 0 atom stereocenters. The number of hydrogen-bond acceptors (Lipinski definition) is 0. The molecule has 0 aromatic heterocycles. The lowest BCUT2D eigenvalue weighted by atomic mass is 10.1. The Hall–Kier alpha value is 1.95. The topological polar surface area (TPSA) is 0 Å².